The molecule has 0 spiro atoms. The molecule has 1 atom stereocenters. The Morgan fingerprint density at radius 3 is 2.18 bits per heavy atom. The summed E-state index contributed by atoms with van der Waals surface area (Å²) in [5.41, 5.74) is 3.44. The van der Waals surface area contributed by atoms with Crippen LogP contribution in [-0.2, 0) is 9.59 Å². The number of rotatable bonds is 5. The van der Waals surface area contributed by atoms with Gasteiger partial charge in [0.15, 0.2) is 0 Å². The van der Waals surface area contributed by atoms with Crippen LogP contribution < -0.4 is 9.64 Å². The van der Waals surface area contributed by atoms with E-state index in [4.69, 9.17) is 4.74 Å². The number of anilines is 1. The van der Waals surface area contributed by atoms with Crippen LogP contribution in [0, 0.1) is 6.92 Å². The number of carbonyl (C=O) groups excluding carboxylic acids is 2. The van der Waals surface area contributed by atoms with Crippen molar-refractivity contribution in [1.82, 2.24) is 0 Å². The van der Waals surface area contributed by atoms with Crippen LogP contribution in [0.2, 0.25) is 0 Å². The van der Waals surface area contributed by atoms with Gasteiger partial charge in [-0.15, -0.1) is 0 Å². The van der Waals surface area contributed by atoms with Gasteiger partial charge in [0.25, 0.3) is 11.7 Å². The van der Waals surface area contributed by atoms with E-state index < -0.39 is 17.7 Å². The predicted molar refractivity (Wildman–Crippen MR) is 131 cm³/mol. The highest BCUT2D eigenvalue weighted by atomic mass is 16.5. The molecule has 2 N–H and O–H groups in total. The predicted octanol–water partition coefficient (Wildman–Crippen LogP) is 5.46. The van der Waals surface area contributed by atoms with Crippen LogP contribution in [0.5, 0.6) is 11.5 Å². The second-order valence-electron chi connectivity index (χ2n) is 8.69. The van der Waals surface area contributed by atoms with Crippen molar-refractivity contribution in [3.63, 3.8) is 0 Å². The lowest BCUT2D eigenvalue weighted by Gasteiger charge is -2.26. The van der Waals surface area contributed by atoms with Gasteiger partial charge in [-0.25, -0.2) is 0 Å². The molecule has 3 aromatic carbocycles. The van der Waals surface area contributed by atoms with Gasteiger partial charge in [-0.2, -0.15) is 0 Å². The minimum atomic E-state index is -0.854. The Balaban J connectivity index is 1.90. The third kappa shape index (κ3) is 4.03. The van der Waals surface area contributed by atoms with Gasteiger partial charge >= 0.3 is 0 Å². The SMILES string of the molecule is COc1ccc(/C(O)=C2/C(=O)C(=O)N(c3ccc(C(C)C)cc3)C2c2ccc(O)cc2)cc1C. The highest BCUT2D eigenvalue weighted by Crippen LogP contribution is 2.43. The lowest BCUT2D eigenvalue weighted by Crippen LogP contribution is -2.29. The van der Waals surface area contributed by atoms with Crippen LogP contribution in [0.3, 0.4) is 0 Å². The number of Topliss-reactive ketones (excluding diaryl/α,β-unsaturated/α-hetero) is 1. The smallest absolute Gasteiger partial charge is 0.300 e. The quantitative estimate of drug-likeness (QED) is 0.302. The molecule has 1 saturated heterocycles. The molecule has 1 amide bonds. The maximum absolute atomic E-state index is 13.3. The van der Waals surface area contributed by atoms with Crippen LogP contribution in [0.15, 0.2) is 72.3 Å². The molecule has 0 bridgehead atoms. The average molecular weight is 458 g/mol. The normalized spacial score (nSPS) is 17.4. The maximum atomic E-state index is 13.3. The number of hydrogen-bond acceptors (Lipinski definition) is 5. The van der Waals surface area contributed by atoms with E-state index in [0.29, 0.717) is 28.5 Å². The number of aryl methyl sites for hydroxylation is 1. The number of phenols is 1. The average Bonchev–Trinajstić information content (AvgIpc) is 3.09. The molecule has 34 heavy (non-hydrogen) atoms. The van der Waals surface area contributed by atoms with Crippen LogP contribution in [-0.4, -0.2) is 29.0 Å². The first-order chi connectivity index (χ1) is 16.2. The number of benzene rings is 3. The van der Waals surface area contributed by atoms with Gasteiger partial charge in [0.1, 0.15) is 17.3 Å². The van der Waals surface area contributed by atoms with Gasteiger partial charge < -0.3 is 14.9 Å². The molecule has 6 heteroatoms. The van der Waals surface area contributed by atoms with Crippen molar-refractivity contribution in [2.45, 2.75) is 32.7 Å². The minimum absolute atomic E-state index is 0.00630. The van der Waals surface area contributed by atoms with E-state index in [-0.39, 0.29) is 17.1 Å². The van der Waals surface area contributed by atoms with Crippen molar-refractivity contribution in [3.8, 4) is 11.5 Å². The molecule has 1 heterocycles. The first kappa shape index (κ1) is 23.1. The molecule has 3 aromatic rings. The number of amides is 1. The number of ether oxygens (including phenoxy) is 1. The number of aliphatic hydroxyl groups excluding tert-OH is 1. The first-order valence-corrected chi connectivity index (χ1v) is 11.1. The molecule has 174 valence electrons. The van der Waals surface area contributed by atoms with E-state index in [1.807, 2.05) is 31.2 Å². The Hall–Kier alpha value is -4.06. The van der Waals surface area contributed by atoms with Gasteiger partial charge in [0, 0.05) is 11.3 Å². The highest BCUT2D eigenvalue weighted by Gasteiger charge is 2.47. The number of phenolic OH excluding ortho intramolecular Hbond substituents is 1. The summed E-state index contributed by atoms with van der Waals surface area (Å²) in [6, 6.07) is 18.0. The molecular weight excluding hydrogens is 430 g/mol. The van der Waals surface area contributed by atoms with Crippen LogP contribution in [0.25, 0.3) is 5.76 Å². The Morgan fingerprint density at radius 1 is 0.971 bits per heavy atom. The fraction of sp³-hybridized carbons (Fsp3) is 0.214. The lowest BCUT2D eigenvalue weighted by molar-refractivity contribution is -0.132. The van der Waals surface area contributed by atoms with Crippen LogP contribution in [0.1, 0.15) is 48.1 Å². The molecule has 0 aliphatic carbocycles. The van der Waals surface area contributed by atoms with Crippen molar-refractivity contribution in [2.24, 2.45) is 0 Å². The Kier molecular flexibility index (Phi) is 6.16. The highest BCUT2D eigenvalue weighted by molar-refractivity contribution is 6.51. The Labute approximate surface area is 198 Å². The minimum Gasteiger partial charge on any atom is -0.508 e. The van der Waals surface area contributed by atoms with Crippen LogP contribution in [0.4, 0.5) is 5.69 Å². The number of aromatic hydroxyl groups is 1. The standard InChI is InChI=1S/C28H27NO5/c1-16(2)18-5-10-21(11-6-18)29-25(19-7-12-22(30)13-8-19)24(27(32)28(29)33)26(31)20-9-14-23(34-4)17(3)15-20/h5-16,25,30-31H,1-4H3/b26-24-. The molecular formula is C28H27NO5. The summed E-state index contributed by atoms with van der Waals surface area (Å²) < 4.78 is 5.30. The summed E-state index contributed by atoms with van der Waals surface area (Å²) in [5.74, 6) is -0.719. The molecule has 4 rings (SSSR count). The van der Waals surface area contributed by atoms with E-state index in [9.17, 15) is 19.8 Å². The van der Waals surface area contributed by atoms with Crippen molar-refractivity contribution in [1.29, 1.82) is 0 Å². The Bertz CT molecular complexity index is 1270. The maximum Gasteiger partial charge on any atom is 0.300 e. The van der Waals surface area contributed by atoms with Crippen molar-refractivity contribution in [2.75, 3.05) is 12.0 Å². The van der Waals surface area contributed by atoms with E-state index in [1.54, 1.807) is 37.4 Å². The zero-order valence-corrected chi connectivity index (χ0v) is 19.6. The number of aliphatic hydroxyl groups is 1. The first-order valence-electron chi connectivity index (χ1n) is 11.1. The third-order valence-corrected chi connectivity index (χ3v) is 6.16. The zero-order chi connectivity index (χ0) is 24.6. The summed E-state index contributed by atoms with van der Waals surface area (Å²) in [4.78, 5) is 27.9. The number of ketones is 1. The van der Waals surface area contributed by atoms with Crippen molar-refractivity contribution in [3.05, 3.63) is 94.6 Å². The van der Waals surface area contributed by atoms with E-state index in [2.05, 4.69) is 13.8 Å². The molecule has 1 aliphatic heterocycles. The topological polar surface area (TPSA) is 87.1 Å². The van der Waals surface area contributed by atoms with Crippen LogP contribution >= 0.6 is 0 Å². The third-order valence-electron chi connectivity index (χ3n) is 6.16. The fourth-order valence-corrected chi connectivity index (χ4v) is 4.27. The molecule has 0 saturated carbocycles. The second kappa shape index (κ2) is 9.06. The fourth-order valence-electron chi connectivity index (χ4n) is 4.27. The van der Waals surface area contributed by atoms with Crippen molar-refractivity contribution >= 4 is 23.1 Å². The summed E-state index contributed by atoms with van der Waals surface area (Å²) in [5, 5.41) is 21.0. The molecule has 1 unspecified atom stereocenters. The monoisotopic (exact) mass is 457 g/mol. The lowest BCUT2D eigenvalue weighted by atomic mass is 9.94. The summed E-state index contributed by atoms with van der Waals surface area (Å²) in [6.07, 6.45) is 0. The number of carbonyl (C=O) groups is 2. The molecule has 1 fully saturated rings. The van der Waals surface area contributed by atoms with E-state index >= 15 is 0 Å². The van der Waals surface area contributed by atoms with Gasteiger partial charge in [0.05, 0.1) is 18.7 Å². The van der Waals surface area contributed by atoms with Gasteiger partial charge in [-0.05, 0) is 72.0 Å². The largest absolute Gasteiger partial charge is 0.508 e. The van der Waals surface area contributed by atoms with E-state index in [0.717, 1.165) is 11.1 Å². The zero-order valence-electron chi connectivity index (χ0n) is 19.6. The number of hydrogen-bond donors (Lipinski definition) is 2. The second-order valence-corrected chi connectivity index (χ2v) is 8.69. The molecule has 6 nitrogen and oxygen atoms in total. The van der Waals surface area contributed by atoms with Gasteiger partial charge in [0.2, 0.25) is 0 Å². The summed E-state index contributed by atoms with van der Waals surface area (Å²) in [6.45, 7) is 5.99. The van der Waals surface area contributed by atoms with Gasteiger partial charge in [-0.3, -0.25) is 14.5 Å². The van der Waals surface area contributed by atoms with Crippen molar-refractivity contribution < 1.29 is 24.5 Å². The van der Waals surface area contributed by atoms with Gasteiger partial charge in [-0.1, -0.05) is 38.1 Å². The summed E-state index contributed by atoms with van der Waals surface area (Å²) in [7, 11) is 1.56. The molecule has 1 aliphatic rings. The Morgan fingerprint density at radius 2 is 1.62 bits per heavy atom. The van der Waals surface area contributed by atoms with E-state index in [1.165, 1.54) is 17.0 Å². The number of nitrogens with zero attached hydrogens (tertiary/aromatic N) is 1. The molecule has 0 aromatic heterocycles. The molecule has 0 radical (unpaired) electrons. The summed E-state index contributed by atoms with van der Waals surface area (Å²) >= 11 is 0. The number of methoxy groups -OCH3 is 1.